The third-order valence-electron chi connectivity index (χ3n) is 5.27. The fourth-order valence-electron chi connectivity index (χ4n) is 3.15. The normalized spacial score (nSPS) is 16.0. The second-order valence-corrected chi connectivity index (χ2v) is 11.9. The van der Waals surface area contributed by atoms with Crippen molar-refractivity contribution in [2.75, 3.05) is 52.3 Å². The minimum atomic E-state index is -0.695. The molecule has 0 unspecified atom stereocenters. The maximum atomic E-state index is 12.8. The highest BCUT2D eigenvalue weighted by Gasteiger charge is 2.34. The molecule has 0 spiro atoms. The van der Waals surface area contributed by atoms with Crippen molar-refractivity contribution in [3.8, 4) is 0 Å². The van der Waals surface area contributed by atoms with Gasteiger partial charge in [-0.15, -0.1) is 11.8 Å². The minimum Gasteiger partial charge on any atom is -0.479 e. The molecule has 0 aromatic carbocycles. The average Bonchev–Trinajstić information content (AvgIpc) is 2.77. The van der Waals surface area contributed by atoms with Gasteiger partial charge in [0, 0.05) is 37.3 Å². The summed E-state index contributed by atoms with van der Waals surface area (Å²) in [6.07, 6.45) is 7.04. The number of thioether (sulfide) groups is 2. The quantitative estimate of drug-likeness (QED) is 0.217. The van der Waals surface area contributed by atoms with Crippen molar-refractivity contribution in [1.29, 1.82) is 0 Å². The van der Waals surface area contributed by atoms with E-state index in [4.69, 9.17) is 21.7 Å². The zero-order valence-corrected chi connectivity index (χ0v) is 23.2. The zero-order chi connectivity index (χ0) is 25.1. The van der Waals surface area contributed by atoms with Crippen LogP contribution < -0.4 is 0 Å². The number of carbonyl (C=O) groups is 2. The third kappa shape index (κ3) is 9.94. The molecule has 9 heteroatoms. The van der Waals surface area contributed by atoms with Gasteiger partial charge in [-0.3, -0.25) is 14.5 Å². The summed E-state index contributed by atoms with van der Waals surface area (Å²) in [7, 11) is 1.79. The molecule has 0 saturated carbocycles. The van der Waals surface area contributed by atoms with Crippen LogP contribution in [-0.4, -0.2) is 88.4 Å². The molecule has 1 fully saturated rings. The molecule has 1 amide bonds. The highest BCUT2D eigenvalue weighted by molar-refractivity contribution is 8.23. The van der Waals surface area contributed by atoms with Crippen molar-refractivity contribution >= 4 is 51.8 Å². The van der Waals surface area contributed by atoms with Gasteiger partial charge in [-0.05, 0) is 59.0 Å². The maximum absolute atomic E-state index is 12.8. The second-order valence-electron chi connectivity index (χ2n) is 8.53. The van der Waals surface area contributed by atoms with E-state index in [-0.39, 0.29) is 11.7 Å². The minimum absolute atomic E-state index is 0.00452. The van der Waals surface area contributed by atoms with E-state index in [0.717, 1.165) is 18.0 Å². The van der Waals surface area contributed by atoms with Crippen molar-refractivity contribution < 1.29 is 19.1 Å². The van der Waals surface area contributed by atoms with Crippen LogP contribution in [0.2, 0.25) is 0 Å². The van der Waals surface area contributed by atoms with Gasteiger partial charge in [-0.1, -0.05) is 30.5 Å². The Morgan fingerprint density at radius 1 is 1.24 bits per heavy atom. The SMILES string of the molecule is C=C/C(=C\C=C\C(=O)C(C)(C)N1CCOCC1)SCCN(C)C(=O)C(C)(C)SC(=S)OCC. The van der Waals surface area contributed by atoms with E-state index >= 15 is 0 Å². The number of hydrogen-bond acceptors (Lipinski definition) is 8. The van der Waals surface area contributed by atoms with E-state index in [2.05, 4.69) is 11.5 Å². The van der Waals surface area contributed by atoms with Crippen LogP contribution in [-0.2, 0) is 19.1 Å². The number of carbonyl (C=O) groups excluding carboxylic acids is 2. The van der Waals surface area contributed by atoms with Gasteiger partial charge in [0.1, 0.15) is 0 Å². The molecule has 0 bridgehead atoms. The van der Waals surface area contributed by atoms with Crippen LogP contribution in [0.15, 0.2) is 35.8 Å². The summed E-state index contributed by atoms with van der Waals surface area (Å²) in [5, 5.41) is 0. The molecule has 1 aliphatic rings. The van der Waals surface area contributed by atoms with E-state index in [1.54, 1.807) is 41.9 Å². The lowest BCUT2D eigenvalue weighted by Gasteiger charge is -2.38. The first-order valence-corrected chi connectivity index (χ1v) is 13.3. The molecule has 0 atom stereocenters. The summed E-state index contributed by atoms with van der Waals surface area (Å²) in [6.45, 7) is 17.2. The largest absolute Gasteiger partial charge is 0.479 e. The van der Waals surface area contributed by atoms with E-state index in [9.17, 15) is 9.59 Å². The molecule has 1 aliphatic heterocycles. The van der Waals surface area contributed by atoms with Gasteiger partial charge < -0.3 is 14.4 Å². The van der Waals surface area contributed by atoms with Crippen LogP contribution in [0.3, 0.4) is 0 Å². The van der Waals surface area contributed by atoms with E-state index < -0.39 is 10.3 Å². The third-order valence-corrected chi connectivity index (χ3v) is 7.63. The van der Waals surface area contributed by atoms with Crippen molar-refractivity contribution in [1.82, 2.24) is 9.80 Å². The molecule has 1 heterocycles. The number of thiocarbonyl (C=S) groups is 1. The number of ketones is 1. The van der Waals surface area contributed by atoms with Crippen molar-refractivity contribution in [2.24, 2.45) is 0 Å². The van der Waals surface area contributed by atoms with Crippen molar-refractivity contribution in [3.05, 3.63) is 35.8 Å². The first-order chi connectivity index (χ1) is 15.5. The molecule has 33 heavy (non-hydrogen) atoms. The van der Waals surface area contributed by atoms with Crippen LogP contribution in [0.5, 0.6) is 0 Å². The van der Waals surface area contributed by atoms with E-state index in [1.165, 1.54) is 11.8 Å². The Morgan fingerprint density at radius 3 is 2.45 bits per heavy atom. The van der Waals surface area contributed by atoms with Gasteiger partial charge in [0.2, 0.25) is 10.3 Å². The van der Waals surface area contributed by atoms with Gasteiger partial charge in [-0.25, -0.2) is 0 Å². The maximum Gasteiger partial charge on any atom is 0.238 e. The van der Waals surface area contributed by atoms with Gasteiger partial charge in [-0.2, -0.15) is 0 Å². The van der Waals surface area contributed by atoms with Crippen molar-refractivity contribution in [3.63, 3.8) is 0 Å². The standard InChI is InChI=1S/C24H38N2O4S3/c1-8-19(11-10-12-20(27)23(3,4)26-13-16-29-17-14-26)32-18-15-25(7)21(28)24(5,6)33-22(31)30-9-2/h8,10-12H,1,9,13-18H2,2-7H3/b12-10+,19-11+. The zero-order valence-electron chi connectivity index (χ0n) is 20.7. The molecule has 0 N–H and O–H groups in total. The van der Waals surface area contributed by atoms with Gasteiger partial charge in [0.25, 0.3) is 0 Å². The highest BCUT2D eigenvalue weighted by Crippen LogP contribution is 2.29. The fourth-order valence-corrected chi connectivity index (χ4v) is 5.62. The Kier molecular flexibility index (Phi) is 13.0. The molecular formula is C24H38N2O4S3. The summed E-state index contributed by atoms with van der Waals surface area (Å²) in [4.78, 5) is 30.3. The molecule has 0 radical (unpaired) electrons. The van der Waals surface area contributed by atoms with E-state index in [1.807, 2.05) is 40.7 Å². The monoisotopic (exact) mass is 514 g/mol. The predicted octanol–water partition coefficient (Wildman–Crippen LogP) is 4.32. The highest BCUT2D eigenvalue weighted by atomic mass is 32.2. The molecule has 6 nitrogen and oxygen atoms in total. The number of allylic oxidation sites excluding steroid dienone is 3. The van der Waals surface area contributed by atoms with Gasteiger partial charge >= 0.3 is 0 Å². The first-order valence-electron chi connectivity index (χ1n) is 11.1. The molecule has 186 valence electrons. The van der Waals surface area contributed by atoms with E-state index in [0.29, 0.717) is 36.5 Å². The topological polar surface area (TPSA) is 59.1 Å². The lowest BCUT2D eigenvalue weighted by molar-refractivity contribution is -0.131. The average molecular weight is 515 g/mol. The fraction of sp³-hybridized carbons (Fsp3) is 0.625. The van der Waals surface area contributed by atoms with Crippen LogP contribution >= 0.6 is 35.7 Å². The Hall–Kier alpha value is -1.13. The summed E-state index contributed by atoms with van der Waals surface area (Å²) in [6, 6.07) is 0. The number of morpholine rings is 1. The lowest BCUT2D eigenvalue weighted by atomic mass is 9.95. The van der Waals surface area contributed by atoms with Crippen molar-refractivity contribution in [2.45, 2.75) is 44.9 Å². The van der Waals surface area contributed by atoms with Gasteiger partial charge in [0.15, 0.2) is 5.78 Å². The summed E-state index contributed by atoms with van der Waals surface area (Å²) in [5.41, 5.74) is -0.562. The van der Waals surface area contributed by atoms with Crippen LogP contribution in [0.1, 0.15) is 34.6 Å². The summed E-state index contributed by atoms with van der Waals surface area (Å²) in [5.74, 6) is 0.761. The molecule has 0 aromatic rings. The predicted molar refractivity (Wildman–Crippen MR) is 145 cm³/mol. The molecular weight excluding hydrogens is 476 g/mol. The number of hydrogen-bond donors (Lipinski definition) is 0. The van der Waals surface area contributed by atoms with Gasteiger partial charge in [0.05, 0.1) is 30.1 Å². The first kappa shape index (κ1) is 29.9. The summed E-state index contributed by atoms with van der Waals surface area (Å²) < 4.78 is 10.4. The Labute approximate surface area is 213 Å². The number of nitrogens with zero attached hydrogens (tertiary/aromatic N) is 2. The smallest absolute Gasteiger partial charge is 0.238 e. The molecule has 0 aliphatic carbocycles. The van der Waals surface area contributed by atoms with Crippen LogP contribution in [0, 0.1) is 0 Å². The molecule has 0 aromatic heterocycles. The summed E-state index contributed by atoms with van der Waals surface area (Å²) >= 11 is 8.03. The molecule has 1 rings (SSSR count). The van der Waals surface area contributed by atoms with Crippen LogP contribution in [0.25, 0.3) is 0 Å². The second kappa shape index (κ2) is 14.3. The Balaban J connectivity index is 2.57. The number of rotatable bonds is 12. The molecule has 1 saturated heterocycles. The Bertz CT molecular complexity index is 757. The lowest BCUT2D eigenvalue weighted by Crippen LogP contribution is -2.53. The number of amides is 1. The van der Waals surface area contributed by atoms with Crippen LogP contribution in [0.4, 0.5) is 0 Å². The number of ether oxygens (including phenoxy) is 2. The Morgan fingerprint density at radius 2 is 1.88 bits per heavy atom.